The average molecular weight is 386 g/mol. The summed E-state index contributed by atoms with van der Waals surface area (Å²) in [5.41, 5.74) is 1.10. The highest BCUT2D eigenvalue weighted by Gasteiger charge is 2.38. The fraction of sp³-hybridized carbons (Fsp3) is 0.636. The third-order valence-corrected chi connectivity index (χ3v) is 6.28. The molecule has 0 aromatic heterocycles. The molecule has 0 radical (unpaired) electrons. The maximum absolute atomic E-state index is 13.2. The van der Waals surface area contributed by atoms with Gasteiger partial charge in [0.2, 0.25) is 5.91 Å². The SMILES string of the molecule is O=C(C1CCCN1C(=O)NC1CCCCC1)N1CCOC(c2ccccc2)C1. The summed E-state index contributed by atoms with van der Waals surface area (Å²) in [6, 6.07) is 9.92. The molecule has 2 atom stereocenters. The second-order valence-electron chi connectivity index (χ2n) is 8.19. The van der Waals surface area contributed by atoms with Crippen LogP contribution in [-0.4, -0.2) is 60.1 Å². The van der Waals surface area contributed by atoms with Gasteiger partial charge in [0.05, 0.1) is 13.2 Å². The summed E-state index contributed by atoms with van der Waals surface area (Å²) in [5, 5.41) is 3.17. The molecule has 4 rings (SSSR count). The zero-order valence-corrected chi connectivity index (χ0v) is 16.5. The second-order valence-corrected chi connectivity index (χ2v) is 8.19. The highest BCUT2D eigenvalue weighted by molar-refractivity contribution is 5.88. The van der Waals surface area contributed by atoms with Gasteiger partial charge in [-0.25, -0.2) is 4.79 Å². The lowest BCUT2D eigenvalue weighted by Gasteiger charge is -2.36. The first-order chi connectivity index (χ1) is 13.7. The molecule has 2 heterocycles. The molecule has 1 saturated carbocycles. The van der Waals surface area contributed by atoms with Crippen molar-refractivity contribution >= 4 is 11.9 Å². The number of ether oxygens (including phenoxy) is 1. The van der Waals surface area contributed by atoms with Crippen LogP contribution in [0.5, 0.6) is 0 Å². The van der Waals surface area contributed by atoms with E-state index in [9.17, 15) is 9.59 Å². The predicted octanol–water partition coefficient (Wildman–Crippen LogP) is 3.09. The number of rotatable bonds is 3. The molecule has 3 aliphatic rings. The van der Waals surface area contributed by atoms with Gasteiger partial charge in [0, 0.05) is 19.1 Å². The topological polar surface area (TPSA) is 61.9 Å². The third kappa shape index (κ3) is 4.32. The van der Waals surface area contributed by atoms with Gasteiger partial charge in [-0.15, -0.1) is 0 Å². The molecule has 1 N–H and O–H groups in total. The van der Waals surface area contributed by atoms with Crippen molar-refractivity contribution in [2.45, 2.75) is 63.1 Å². The molecule has 2 aliphatic heterocycles. The number of benzene rings is 1. The molecule has 1 aromatic rings. The molecule has 6 nitrogen and oxygen atoms in total. The monoisotopic (exact) mass is 385 g/mol. The minimum atomic E-state index is -0.335. The number of hydrogen-bond donors (Lipinski definition) is 1. The lowest BCUT2D eigenvalue weighted by molar-refractivity contribution is -0.143. The van der Waals surface area contributed by atoms with E-state index in [1.165, 1.54) is 19.3 Å². The second kappa shape index (κ2) is 8.95. The molecule has 152 valence electrons. The van der Waals surface area contributed by atoms with E-state index in [0.717, 1.165) is 31.2 Å². The summed E-state index contributed by atoms with van der Waals surface area (Å²) in [6.45, 7) is 2.35. The molecular weight excluding hydrogens is 354 g/mol. The zero-order chi connectivity index (χ0) is 19.3. The Kier molecular flexibility index (Phi) is 6.15. The molecule has 3 fully saturated rings. The van der Waals surface area contributed by atoms with Crippen LogP contribution in [0, 0.1) is 0 Å². The highest BCUT2D eigenvalue weighted by Crippen LogP contribution is 2.26. The first-order valence-corrected chi connectivity index (χ1v) is 10.7. The Morgan fingerprint density at radius 2 is 1.75 bits per heavy atom. The highest BCUT2D eigenvalue weighted by atomic mass is 16.5. The number of nitrogens with one attached hydrogen (secondary N) is 1. The van der Waals surface area contributed by atoms with Crippen LogP contribution in [0.15, 0.2) is 30.3 Å². The van der Waals surface area contributed by atoms with Crippen LogP contribution in [0.25, 0.3) is 0 Å². The van der Waals surface area contributed by atoms with Gasteiger partial charge in [0.15, 0.2) is 0 Å². The molecule has 1 aromatic carbocycles. The van der Waals surface area contributed by atoms with E-state index in [1.54, 1.807) is 4.90 Å². The Morgan fingerprint density at radius 3 is 2.54 bits per heavy atom. The van der Waals surface area contributed by atoms with Crippen molar-refractivity contribution in [2.24, 2.45) is 0 Å². The van der Waals surface area contributed by atoms with Gasteiger partial charge in [-0.1, -0.05) is 49.6 Å². The summed E-state index contributed by atoms with van der Waals surface area (Å²) in [4.78, 5) is 29.7. The first-order valence-electron chi connectivity index (χ1n) is 10.7. The third-order valence-electron chi connectivity index (χ3n) is 6.28. The van der Waals surface area contributed by atoms with Crippen molar-refractivity contribution in [1.82, 2.24) is 15.1 Å². The number of hydrogen-bond acceptors (Lipinski definition) is 3. The van der Waals surface area contributed by atoms with Crippen LogP contribution in [0.3, 0.4) is 0 Å². The number of carbonyl (C=O) groups is 2. The summed E-state index contributed by atoms with van der Waals surface area (Å²) >= 11 is 0. The summed E-state index contributed by atoms with van der Waals surface area (Å²) in [7, 11) is 0. The van der Waals surface area contributed by atoms with Gasteiger partial charge in [-0.2, -0.15) is 0 Å². The van der Waals surface area contributed by atoms with Crippen molar-refractivity contribution in [2.75, 3.05) is 26.2 Å². The van der Waals surface area contributed by atoms with Gasteiger partial charge in [0.25, 0.3) is 0 Å². The first kappa shape index (κ1) is 19.2. The van der Waals surface area contributed by atoms with Crippen molar-refractivity contribution in [1.29, 1.82) is 0 Å². The van der Waals surface area contributed by atoms with Crippen LogP contribution in [-0.2, 0) is 9.53 Å². The van der Waals surface area contributed by atoms with E-state index >= 15 is 0 Å². The fourth-order valence-corrected chi connectivity index (χ4v) is 4.70. The number of morpholine rings is 1. The van der Waals surface area contributed by atoms with Crippen LogP contribution in [0.4, 0.5) is 4.79 Å². The van der Waals surface area contributed by atoms with Gasteiger partial charge >= 0.3 is 6.03 Å². The van der Waals surface area contributed by atoms with E-state index in [0.29, 0.717) is 26.2 Å². The molecule has 2 unspecified atom stereocenters. The molecule has 28 heavy (non-hydrogen) atoms. The Bertz CT molecular complexity index is 675. The Morgan fingerprint density at radius 1 is 0.964 bits per heavy atom. The smallest absolute Gasteiger partial charge is 0.318 e. The van der Waals surface area contributed by atoms with E-state index in [-0.39, 0.29) is 30.1 Å². The molecule has 2 saturated heterocycles. The van der Waals surface area contributed by atoms with Crippen molar-refractivity contribution in [3.63, 3.8) is 0 Å². The van der Waals surface area contributed by atoms with Crippen molar-refractivity contribution in [3.8, 4) is 0 Å². The number of urea groups is 1. The zero-order valence-electron chi connectivity index (χ0n) is 16.5. The number of amides is 3. The Labute approximate surface area is 167 Å². The van der Waals surface area contributed by atoms with Crippen LogP contribution in [0.2, 0.25) is 0 Å². The Hall–Kier alpha value is -2.08. The van der Waals surface area contributed by atoms with Crippen LogP contribution >= 0.6 is 0 Å². The van der Waals surface area contributed by atoms with Gasteiger partial charge in [0.1, 0.15) is 12.1 Å². The normalized spacial score (nSPS) is 26.3. The minimum Gasteiger partial charge on any atom is -0.370 e. The van der Waals surface area contributed by atoms with Crippen LogP contribution < -0.4 is 5.32 Å². The summed E-state index contributed by atoms with van der Waals surface area (Å²) < 4.78 is 5.90. The number of nitrogens with zero attached hydrogens (tertiary/aromatic N) is 2. The van der Waals surface area contributed by atoms with E-state index < -0.39 is 0 Å². The predicted molar refractivity (Wildman–Crippen MR) is 107 cm³/mol. The molecule has 0 bridgehead atoms. The average Bonchev–Trinajstić information content (AvgIpc) is 3.25. The van der Waals surface area contributed by atoms with E-state index in [2.05, 4.69) is 5.32 Å². The van der Waals surface area contributed by atoms with Crippen molar-refractivity contribution < 1.29 is 14.3 Å². The van der Waals surface area contributed by atoms with Crippen LogP contribution in [0.1, 0.15) is 56.6 Å². The van der Waals surface area contributed by atoms with Gasteiger partial charge in [-0.3, -0.25) is 4.79 Å². The number of carbonyl (C=O) groups excluding carboxylic acids is 2. The maximum Gasteiger partial charge on any atom is 0.318 e. The summed E-state index contributed by atoms with van der Waals surface area (Å²) in [6.07, 6.45) is 7.29. The molecule has 1 aliphatic carbocycles. The fourth-order valence-electron chi connectivity index (χ4n) is 4.70. The number of likely N-dealkylation sites (tertiary alicyclic amines) is 1. The molecular formula is C22H31N3O3. The quantitative estimate of drug-likeness (QED) is 0.870. The largest absolute Gasteiger partial charge is 0.370 e. The summed E-state index contributed by atoms with van der Waals surface area (Å²) in [5.74, 6) is 0.0699. The molecule has 0 spiro atoms. The van der Waals surface area contributed by atoms with Gasteiger partial charge < -0.3 is 19.9 Å². The van der Waals surface area contributed by atoms with Gasteiger partial charge in [-0.05, 0) is 31.2 Å². The standard InChI is InChI=1S/C22H31N3O3/c26-21(24-14-15-28-20(16-24)17-8-3-1-4-9-17)19-12-7-13-25(19)22(27)23-18-10-5-2-6-11-18/h1,3-4,8-9,18-20H,2,5-7,10-16H2,(H,23,27). The van der Waals surface area contributed by atoms with E-state index in [4.69, 9.17) is 4.74 Å². The lowest BCUT2D eigenvalue weighted by Crippen LogP contribution is -2.54. The Balaban J connectivity index is 1.38. The van der Waals surface area contributed by atoms with Crippen molar-refractivity contribution in [3.05, 3.63) is 35.9 Å². The molecule has 6 heteroatoms. The molecule has 3 amide bonds. The minimum absolute atomic E-state index is 0.0596. The van der Waals surface area contributed by atoms with E-state index in [1.807, 2.05) is 35.2 Å². The lowest BCUT2D eigenvalue weighted by atomic mass is 9.96. The maximum atomic E-state index is 13.2.